The lowest BCUT2D eigenvalue weighted by Crippen LogP contribution is -2.34. The van der Waals surface area contributed by atoms with Gasteiger partial charge >= 0.3 is 5.69 Å². The molecule has 8 nitrogen and oxygen atoms in total. The van der Waals surface area contributed by atoms with Crippen LogP contribution in [0.5, 0.6) is 0 Å². The number of aromatic nitrogens is 3. The van der Waals surface area contributed by atoms with Gasteiger partial charge in [0.2, 0.25) is 11.6 Å². The number of nitro groups is 1. The molecule has 0 atom stereocenters. The number of anilines is 2. The van der Waals surface area contributed by atoms with Crippen molar-refractivity contribution in [2.24, 2.45) is 0 Å². The van der Waals surface area contributed by atoms with Gasteiger partial charge in [0.1, 0.15) is 6.33 Å². The second-order valence-electron chi connectivity index (χ2n) is 7.47. The fraction of sp³-hybridized carbons (Fsp3) is 0.400. The molecule has 5 rings (SSSR count). The summed E-state index contributed by atoms with van der Waals surface area (Å²) in [5.74, 6) is 0.877. The Kier molecular flexibility index (Phi) is 4.11. The molecule has 1 aromatic carbocycles. The van der Waals surface area contributed by atoms with E-state index >= 15 is 0 Å². The monoisotopic (exact) mass is 378 g/mol. The van der Waals surface area contributed by atoms with Gasteiger partial charge in [-0.25, -0.2) is 9.97 Å². The number of rotatable bonds is 3. The first-order valence-corrected chi connectivity index (χ1v) is 9.80. The molecule has 28 heavy (non-hydrogen) atoms. The van der Waals surface area contributed by atoms with Gasteiger partial charge in [0, 0.05) is 36.2 Å². The molecular weight excluding hydrogens is 356 g/mol. The van der Waals surface area contributed by atoms with Gasteiger partial charge in [0.05, 0.1) is 11.5 Å². The number of aromatic amines is 1. The van der Waals surface area contributed by atoms with Crippen LogP contribution < -0.4 is 9.80 Å². The van der Waals surface area contributed by atoms with Gasteiger partial charge in [-0.05, 0) is 37.3 Å². The number of benzene rings is 1. The second-order valence-corrected chi connectivity index (χ2v) is 7.47. The molecule has 0 bridgehead atoms. The molecular formula is C20H22N6O2. The van der Waals surface area contributed by atoms with Crippen LogP contribution >= 0.6 is 0 Å². The Morgan fingerprint density at radius 1 is 1.00 bits per heavy atom. The van der Waals surface area contributed by atoms with E-state index in [1.54, 1.807) is 0 Å². The minimum atomic E-state index is -0.319. The zero-order chi connectivity index (χ0) is 19.1. The van der Waals surface area contributed by atoms with Crippen LogP contribution in [0, 0.1) is 10.1 Å². The lowest BCUT2D eigenvalue weighted by molar-refractivity contribution is -0.383. The quantitative estimate of drug-likeness (QED) is 0.555. The molecule has 0 aliphatic carbocycles. The maximum absolute atomic E-state index is 12.0. The molecule has 0 saturated carbocycles. The van der Waals surface area contributed by atoms with E-state index in [9.17, 15) is 10.1 Å². The van der Waals surface area contributed by atoms with Gasteiger partial charge < -0.3 is 14.8 Å². The number of piperidine rings is 1. The predicted molar refractivity (Wildman–Crippen MR) is 108 cm³/mol. The first-order valence-electron chi connectivity index (χ1n) is 9.80. The fourth-order valence-electron chi connectivity index (χ4n) is 4.47. The van der Waals surface area contributed by atoms with Crippen molar-refractivity contribution in [1.29, 1.82) is 0 Å². The molecule has 3 aromatic rings. The highest BCUT2D eigenvalue weighted by Gasteiger charge is 2.32. The summed E-state index contributed by atoms with van der Waals surface area (Å²) in [5.41, 5.74) is 3.56. The van der Waals surface area contributed by atoms with Crippen LogP contribution in [0.4, 0.5) is 17.3 Å². The van der Waals surface area contributed by atoms with Crippen LogP contribution in [0.25, 0.3) is 10.9 Å². The minimum Gasteiger partial charge on any atom is -0.357 e. The Morgan fingerprint density at radius 2 is 1.75 bits per heavy atom. The van der Waals surface area contributed by atoms with Gasteiger partial charge in [-0.15, -0.1) is 0 Å². The average Bonchev–Trinajstić information content (AvgIpc) is 3.11. The van der Waals surface area contributed by atoms with Crippen molar-refractivity contribution in [3.8, 4) is 0 Å². The topological polar surface area (TPSA) is 91.2 Å². The highest BCUT2D eigenvalue weighted by molar-refractivity contribution is 5.85. The normalized spacial score (nSPS) is 17.0. The molecule has 2 aliphatic heterocycles. The number of para-hydroxylation sites is 1. The molecule has 1 fully saturated rings. The molecule has 0 unspecified atom stereocenters. The lowest BCUT2D eigenvalue weighted by atomic mass is 10.0. The van der Waals surface area contributed by atoms with Crippen molar-refractivity contribution in [3.63, 3.8) is 0 Å². The van der Waals surface area contributed by atoms with Crippen molar-refractivity contribution in [3.05, 3.63) is 52.0 Å². The molecule has 144 valence electrons. The van der Waals surface area contributed by atoms with Crippen LogP contribution in [-0.2, 0) is 13.0 Å². The van der Waals surface area contributed by atoms with E-state index in [0.29, 0.717) is 24.7 Å². The highest BCUT2D eigenvalue weighted by Crippen LogP contribution is 2.38. The third kappa shape index (κ3) is 2.76. The molecule has 1 N–H and O–H groups in total. The van der Waals surface area contributed by atoms with Crippen molar-refractivity contribution in [2.75, 3.05) is 29.4 Å². The summed E-state index contributed by atoms with van der Waals surface area (Å²) < 4.78 is 0. The summed E-state index contributed by atoms with van der Waals surface area (Å²) in [6.07, 6.45) is 5.54. The molecule has 4 heterocycles. The Hall–Kier alpha value is -3.16. The van der Waals surface area contributed by atoms with Crippen LogP contribution in [0.2, 0.25) is 0 Å². The fourth-order valence-corrected chi connectivity index (χ4v) is 4.47. The van der Waals surface area contributed by atoms with E-state index in [2.05, 4.69) is 27.1 Å². The van der Waals surface area contributed by atoms with E-state index in [-0.39, 0.29) is 10.6 Å². The molecule has 0 spiro atoms. The molecule has 8 heteroatoms. The maximum atomic E-state index is 12.0. The van der Waals surface area contributed by atoms with Gasteiger partial charge in [-0.2, -0.15) is 0 Å². The summed E-state index contributed by atoms with van der Waals surface area (Å²) in [5, 5.41) is 13.2. The molecule has 1 saturated heterocycles. The zero-order valence-electron chi connectivity index (χ0n) is 15.6. The van der Waals surface area contributed by atoms with Crippen LogP contribution in [0.1, 0.15) is 30.5 Å². The van der Waals surface area contributed by atoms with Gasteiger partial charge in [0.15, 0.2) is 0 Å². The second kappa shape index (κ2) is 6.78. The van der Waals surface area contributed by atoms with E-state index in [0.717, 1.165) is 50.0 Å². The van der Waals surface area contributed by atoms with Crippen molar-refractivity contribution in [2.45, 2.75) is 32.2 Å². The number of hydrogen-bond donors (Lipinski definition) is 1. The largest absolute Gasteiger partial charge is 0.357 e. The van der Waals surface area contributed by atoms with Crippen molar-refractivity contribution in [1.82, 2.24) is 15.0 Å². The standard InChI is InChI=1S/C20H22N6O2/c27-26(28)18-19(24-9-4-1-5-10-24)21-13-22-20(18)25-11-8-15-14-6-2-3-7-16(14)23-17(15)12-25/h2-3,6-7,13,23H,1,4-5,8-12H2. The van der Waals surface area contributed by atoms with Crippen molar-refractivity contribution >= 4 is 28.2 Å². The SMILES string of the molecule is O=[N+]([O-])c1c(N2CCCCC2)ncnc1N1CCc2c([nH]c3ccccc23)C1. The molecule has 0 amide bonds. The Labute approximate surface area is 162 Å². The smallest absolute Gasteiger partial charge is 0.353 e. The molecule has 0 radical (unpaired) electrons. The van der Waals surface area contributed by atoms with Gasteiger partial charge in [0.25, 0.3) is 0 Å². The minimum absolute atomic E-state index is 0.0314. The Bertz CT molecular complexity index is 1040. The van der Waals surface area contributed by atoms with E-state index in [1.165, 1.54) is 17.3 Å². The van der Waals surface area contributed by atoms with Crippen LogP contribution in [0.15, 0.2) is 30.6 Å². The number of nitrogens with zero attached hydrogens (tertiary/aromatic N) is 5. The third-order valence-corrected chi connectivity index (χ3v) is 5.80. The average molecular weight is 378 g/mol. The Balaban J connectivity index is 1.53. The lowest BCUT2D eigenvalue weighted by Gasteiger charge is -2.30. The number of fused-ring (bicyclic) bond motifs is 3. The first kappa shape index (κ1) is 17.0. The summed E-state index contributed by atoms with van der Waals surface area (Å²) in [7, 11) is 0. The van der Waals surface area contributed by atoms with E-state index in [4.69, 9.17) is 0 Å². The Morgan fingerprint density at radius 3 is 2.54 bits per heavy atom. The summed E-state index contributed by atoms with van der Waals surface area (Å²) in [6, 6.07) is 8.26. The summed E-state index contributed by atoms with van der Waals surface area (Å²) in [6.45, 7) is 2.90. The summed E-state index contributed by atoms with van der Waals surface area (Å²) >= 11 is 0. The first-order chi connectivity index (χ1) is 13.7. The van der Waals surface area contributed by atoms with E-state index < -0.39 is 0 Å². The zero-order valence-corrected chi connectivity index (χ0v) is 15.6. The van der Waals surface area contributed by atoms with Crippen LogP contribution in [0.3, 0.4) is 0 Å². The number of hydrogen-bond acceptors (Lipinski definition) is 6. The van der Waals surface area contributed by atoms with E-state index in [1.807, 2.05) is 21.9 Å². The number of H-pyrrole nitrogens is 1. The maximum Gasteiger partial charge on any atom is 0.353 e. The number of nitrogens with one attached hydrogen (secondary N) is 1. The van der Waals surface area contributed by atoms with Crippen LogP contribution in [-0.4, -0.2) is 39.5 Å². The van der Waals surface area contributed by atoms with Gasteiger partial charge in [-0.1, -0.05) is 18.2 Å². The third-order valence-electron chi connectivity index (χ3n) is 5.80. The molecule has 2 aliphatic rings. The predicted octanol–water partition coefficient (Wildman–Crippen LogP) is 3.42. The summed E-state index contributed by atoms with van der Waals surface area (Å²) in [4.78, 5) is 27.8. The van der Waals surface area contributed by atoms with Gasteiger partial charge in [-0.3, -0.25) is 10.1 Å². The highest BCUT2D eigenvalue weighted by atomic mass is 16.6. The molecule has 2 aromatic heterocycles. The van der Waals surface area contributed by atoms with Crippen molar-refractivity contribution < 1.29 is 4.92 Å².